The average molecular weight is 340 g/mol. The Morgan fingerprint density at radius 1 is 1.21 bits per heavy atom. The molecule has 0 fully saturated rings. The molecule has 9 heteroatoms. The maximum atomic E-state index is 12.0. The number of carbonyl (C=O) groups excluding carboxylic acids is 1. The third-order valence-corrected chi connectivity index (χ3v) is 2.92. The van der Waals surface area contributed by atoms with Gasteiger partial charge in [0, 0.05) is 25.0 Å². The van der Waals surface area contributed by atoms with E-state index in [1.165, 1.54) is 24.5 Å². The Balaban J connectivity index is 1.91. The van der Waals surface area contributed by atoms with Crippen molar-refractivity contribution in [2.75, 3.05) is 6.61 Å². The summed E-state index contributed by atoms with van der Waals surface area (Å²) < 4.78 is 40.6. The van der Waals surface area contributed by atoms with Crippen molar-refractivity contribution in [1.29, 1.82) is 0 Å². The number of nitrogens with one attached hydrogen (secondary N) is 1. The minimum atomic E-state index is -4.42. The number of rotatable bonds is 5. The summed E-state index contributed by atoms with van der Waals surface area (Å²) in [6, 6.07) is 2.83. The molecule has 0 aromatic carbocycles. The highest BCUT2D eigenvalue weighted by Gasteiger charge is 2.28. The number of alkyl halides is 3. The average Bonchev–Trinajstić information content (AvgIpc) is 2.51. The second-order valence-electron chi connectivity index (χ2n) is 5.04. The SMILES string of the molecule is Cc1cnc(C(=O)NCc2ccc(OCC(F)(F)F)nc2)c(C)n1. The lowest BCUT2D eigenvalue weighted by molar-refractivity contribution is -0.154. The number of halogens is 3. The predicted octanol–water partition coefficient (Wildman–Crippen LogP) is 2.36. The van der Waals surface area contributed by atoms with Crippen LogP contribution in [0, 0.1) is 13.8 Å². The Bertz CT molecular complexity index is 718. The van der Waals surface area contributed by atoms with Gasteiger partial charge in [0.15, 0.2) is 6.61 Å². The maximum absolute atomic E-state index is 12.0. The normalized spacial score (nSPS) is 11.2. The van der Waals surface area contributed by atoms with Gasteiger partial charge < -0.3 is 10.1 Å². The molecule has 6 nitrogen and oxygen atoms in total. The fraction of sp³-hybridized carbons (Fsp3) is 0.333. The van der Waals surface area contributed by atoms with Crippen molar-refractivity contribution < 1.29 is 22.7 Å². The Kier molecular flexibility index (Phi) is 5.32. The fourth-order valence-electron chi connectivity index (χ4n) is 1.84. The Morgan fingerprint density at radius 3 is 2.54 bits per heavy atom. The summed E-state index contributed by atoms with van der Waals surface area (Å²) in [4.78, 5) is 24.0. The van der Waals surface area contributed by atoms with Crippen LogP contribution in [0.5, 0.6) is 5.88 Å². The molecule has 2 aromatic rings. The van der Waals surface area contributed by atoms with Gasteiger partial charge in [0.05, 0.1) is 11.4 Å². The van der Waals surface area contributed by atoms with Crippen molar-refractivity contribution in [3.05, 3.63) is 47.2 Å². The largest absolute Gasteiger partial charge is 0.468 e. The standard InChI is InChI=1S/C15H15F3N4O2/c1-9-5-20-13(10(2)22-9)14(23)21-7-11-3-4-12(19-6-11)24-8-15(16,17)18/h3-6H,7-8H2,1-2H3,(H,21,23). The molecule has 0 saturated heterocycles. The van der Waals surface area contributed by atoms with E-state index in [2.05, 4.69) is 25.0 Å². The number of nitrogens with zero attached hydrogens (tertiary/aromatic N) is 3. The van der Waals surface area contributed by atoms with Crippen molar-refractivity contribution in [2.45, 2.75) is 26.6 Å². The molecule has 0 aliphatic heterocycles. The predicted molar refractivity (Wildman–Crippen MR) is 78.5 cm³/mol. The van der Waals surface area contributed by atoms with Crippen LogP contribution in [0.1, 0.15) is 27.4 Å². The van der Waals surface area contributed by atoms with E-state index in [0.29, 0.717) is 17.0 Å². The van der Waals surface area contributed by atoms with Crippen molar-refractivity contribution in [3.8, 4) is 5.88 Å². The lowest BCUT2D eigenvalue weighted by Gasteiger charge is -2.09. The maximum Gasteiger partial charge on any atom is 0.422 e. The van der Waals surface area contributed by atoms with Gasteiger partial charge in [-0.15, -0.1) is 0 Å². The highest BCUT2D eigenvalue weighted by atomic mass is 19.4. The Morgan fingerprint density at radius 2 is 1.96 bits per heavy atom. The molecule has 0 radical (unpaired) electrons. The van der Waals surface area contributed by atoms with Gasteiger partial charge in [-0.25, -0.2) is 9.97 Å². The van der Waals surface area contributed by atoms with Crippen LogP contribution < -0.4 is 10.1 Å². The van der Waals surface area contributed by atoms with Crippen molar-refractivity contribution >= 4 is 5.91 Å². The first-order valence-corrected chi connectivity index (χ1v) is 6.97. The van der Waals surface area contributed by atoms with Gasteiger partial charge in [-0.05, 0) is 19.4 Å². The minimum absolute atomic E-state index is 0.136. The molecule has 0 bridgehead atoms. The van der Waals surface area contributed by atoms with E-state index in [1.807, 2.05) is 0 Å². The first-order chi connectivity index (χ1) is 11.2. The second kappa shape index (κ2) is 7.24. The van der Waals surface area contributed by atoms with E-state index in [9.17, 15) is 18.0 Å². The Hall–Kier alpha value is -2.71. The molecule has 0 unspecified atom stereocenters. The van der Waals surface area contributed by atoms with E-state index in [1.54, 1.807) is 13.8 Å². The molecule has 0 saturated carbocycles. The van der Waals surface area contributed by atoms with Crippen molar-refractivity contribution in [1.82, 2.24) is 20.3 Å². The van der Waals surface area contributed by atoms with Crippen LogP contribution in [0.3, 0.4) is 0 Å². The summed E-state index contributed by atoms with van der Waals surface area (Å²) in [5.74, 6) is -0.528. The number of aromatic nitrogens is 3. The molecule has 0 atom stereocenters. The van der Waals surface area contributed by atoms with Crippen LogP contribution in [-0.4, -0.2) is 33.6 Å². The molecule has 0 spiro atoms. The van der Waals surface area contributed by atoms with Crippen LogP contribution in [0.25, 0.3) is 0 Å². The van der Waals surface area contributed by atoms with Crippen LogP contribution in [0.2, 0.25) is 0 Å². The van der Waals surface area contributed by atoms with Gasteiger partial charge in [-0.2, -0.15) is 13.2 Å². The zero-order valence-corrected chi connectivity index (χ0v) is 13.0. The smallest absolute Gasteiger partial charge is 0.422 e. The fourth-order valence-corrected chi connectivity index (χ4v) is 1.84. The zero-order valence-electron chi connectivity index (χ0n) is 13.0. The number of hydrogen-bond acceptors (Lipinski definition) is 5. The molecule has 0 aliphatic rings. The number of ether oxygens (including phenoxy) is 1. The number of carbonyl (C=O) groups is 1. The minimum Gasteiger partial charge on any atom is -0.468 e. The summed E-state index contributed by atoms with van der Waals surface area (Å²) in [5.41, 5.74) is 2.06. The molecule has 1 N–H and O–H groups in total. The lowest BCUT2D eigenvalue weighted by Crippen LogP contribution is -2.25. The van der Waals surface area contributed by atoms with Crippen LogP contribution >= 0.6 is 0 Å². The molecule has 2 aromatic heterocycles. The van der Waals surface area contributed by atoms with E-state index in [4.69, 9.17) is 0 Å². The number of pyridine rings is 1. The summed E-state index contributed by atoms with van der Waals surface area (Å²) in [7, 11) is 0. The van der Waals surface area contributed by atoms with Crippen LogP contribution in [0.4, 0.5) is 13.2 Å². The number of aryl methyl sites for hydroxylation is 2. The first kappa shape index (κ1) is 17.6. The van der Waals surface area contributed by atoms with Crippen molar-refractivity contribution in [3.63, 3.8) is 0 Å². The Labute approximate surface area is 136 Å². The number of amides is 1. The molecule has 2 heterocycles. The summed E-state index contributed by atoms with van der Waals surface area (Å²) in [6.07, 6.45) is -1.59. The molecule has 0 aliphatic carbocycles. The van der Waals surface area contributed by atoms with E-state index < -0.39 is 18.7 Å². The lowest BCUT2D eigenvalue weighted by atomic mass is 10.2. The summed E-state index contributed by atoms with van der Waals surface area (Å²) in [6.45, 7) is 2.21. The van der Waals surface area contributed by atoms with E-state index >= 15 is 0 Å². The van der Waals surface area contributed by atoms with Gasteiger partial charge in [0.1, 0.15) is 5.69 Å². The molecule has 128 valence electrons. The highest BCUT2D eigenvalue weighted by Crippen LogP contribution is 2.17. The first-order valence-electron chi connectivity index (χ1n) is 6.97. The van der Waals surface area contributed by atoms with Crippen molar-refractivity contribution in [2.24, 2.45) is 0 Å². The van der Waals surface area contributed by atoms with E-state index in [-0.39, 0.29) is 18.1 Å². The molecule has 2 rings (SSSR count). The van der Waals surface area contributed by atoms with Gasteiger partial charge in [-0.1, -0.05) is 6.07 Å². The molecule has 24 heavy (non-hydrogen) atoms. The topological polar surface area (TPSA) is 77.0 Å². The molecular formula is C15H15F3N4O2. The quantitative estimate of drug-likeness (QED) is 0.904. The van der Waals surface area contributed by atoms with E-state index in [0.717, 1.165) is 0 Å². The summed E-state index contributed by atoms with van der Waals surface area (Å²) >= 11 is 0. The van der Waals surface area contributed by atoms with Crippen LogP contribution in [-0.2, 0) is 6.54 Å². The molecule has 1 amide bonds. The summed E-state index contributed by atoms with van der Waals surface area (Å²) in [5, 5.41) is 2.65. The molecular weight excluding hydrogens is 325 g/mol. The monoisotopic (exact) mass is 340 g/mol. The zero-order chi connectivity index (χ0) is 17.7. The highest BCUT2D eigenvalue weighted by molar-refractivity contribution is 5.93. The van der Waals surface area contributed by atoms with Gasteiger partial charge in [-0.3, -0.25) is 9.78 Å². The third-order valence-electron chi connectivity index (χ3n) is 2.92. The van der Waals surface area contributed by atoms with Gasteiger partial charge in [0.25, 0.3) is 5.91 Å². The van der Waals surface area contributed by atoms with Crippen LogP contribution in [0.15, 0.2) is 24.5 Å². The van der Waals surface area contributed by atoms with Gasteiger partial charge >= 0.3 is 6.18 Å². The second-order valence-corrected chi connectivity index (χ2v) is 5.04. The third kappa shape index (κ3) is 5.18. The number of hydrogen-bond donors (Lipinski definition) is 1. The van der Waals surface area contributed by atoms with Gasteiger partial charge in [0.2, 0.25) is 5.88 Å².